The molecular formula is C18H20N2O3S. The van der Waals surface area contributed by atoms with Crippen LogP contribution in [0.15, 0.2) is 24.3 Å². The van der Waals surface area contributed by atoms with Crippen molar-refractivity contribution in [1.29, 1.82) is 0 Å². The molecule has 0 unspecified atom stereocenters. The number of rotatable bonds is 4. The summed E-state index contributed by atoms with van der Waals surface area (Å²) >= 11 is 1.47. The Bertz CT molecular complexity index is 765. The van der Waals surface area contributed by atoms with Crippen molar-refractivity contribution in [2.45, 2.75) is 33.1 Å². The number of amides is 2. The van der Waals surface area contributed by atoms with Gasteiger partial charge in [0.2, 0.25) is 0 Å². The Labute approximate surface area is 145 Å². The quantitative estimate of drug-likeness (QED) is 0.810. The lowest BCUT2D eigenvalue weighted by molar-refractivity contribution is 0.0527. The molecule has 0 saturated carbocycles. The summed E-state index contributed by atoms with van der Waals surface area (Å²) < 4.78 is 5.16. The fourth-order valence-corrected chi connectivity index (χ4v) is 4.09. The summed E-state index contributed by atoms with van der Waals surface area (Å²) in [5.74, 6) is -0.359. The molecule has 126 valence electrons. The first kappa shape index (κ1) is 16.5. The van der Waals surface area contributed by atoms with E-state index >= 15 is 0 Å². The first-order valence-corrected chi connectivity index (χ1v) is 8.86. The second kappa shape index (κ2) is 7.05. The Balaban J connectivity index is 1.78. The Morgan fingerprint density at radius 1 is 1.17 bits per heavy atom. The lowest BCUT2D eigenvalue weighted by atomic mass is 10.1. The van der Waals surface area contributed by atoms with Crippen molar-refractivity contribution in [3.63, 3.8) is 0 Å². The van der Waals surface area contributed by atoms with Crippen molar-refractivity contribution < 1.29 is 14.3 Å². The molecule has 0 bridgehead atoms. The van der Waals surface area contributed by atoms with Gasteiger partial charge >= 0.3 is 12.0 Å². The van der Waals surface area contributed by atoms with Crippen LogP contribution >= 0.6 is 11.3 Å². The van der Waals surface area contributed by atoms with E-state index in [4.69, 9.17) is 4.74 Å². The van der Waals surface area contributed by atoms with Crippen LogP contribution in [-0.4, -0.2) is 18.6 Å². The number of nitrogens with one attached hydrogen (secondary N) is 2. The predicted molar refractivity (Wildman–Crippen MR) is 96.1 cm³/mol. The van der Waals surface area contributed by atoms with E-state index in [0.717, 1.165) is 30.4 Å². The molecule has 1 aromatic carbocycles. The van der Waals surface area contributed by atoms with Gasteiger partial charge in [-0.2, -0.15) is 0 Å². The van der Waals surface area contributed by atoms with Gasteiger partial charge in [-0.25, -0.2) is 9.59 Å². The zero-order chi connectivity index (χ0) is 17.1. The first-order valence-electron chi connectivity index (χ1n) is 8.04. The van der Waals surface area contributed by atoms with Crippen LogP contribution in [0.25, 0.3) is 0 Å². The van der Waals surface area contributed by atoms with Crippen LogP contribution in [0.2, 0.25) is 0 Å². The molecule has 0 atom stereocenters. The first-order chi connectivity index (χ1) is 11.6. The molecule has 0 fully saturated rings. The molecule has 0 saturated heterocycles. The van der Waals surface area contributed by atoms with Crippen molar-refractivity contribution in [1.82, 2.24) is 0 Å². The molecule has 1 aliphatic rings. The maximum atomic E-state index is 12.3. The molecule has 2 aromatic rings. The molecule has 2 N–H and O–H groups in total. The second-order valence-electron chi connectivity index (χ2n) is 5.73. The van der Waals surface area contributed by atoms with Crippen molar-refractivity contribution in [2.24, 2.45) is 0 Å². The zero-order valence-electron chi connectivity index (χ0n) is 13.8. The van der Waals surface area contributed by atoms with Gasteiger partial charge < -0.3 is 10.1 Å². The van der Waals surface area contributed by atoms with Crippen molar-refractivity contribution in [2.75, 3.05) is 17.2 Å². The molecule has 2 amide bonds. The van der Waals surface area contributed by atoms with Crippen LogP contribution in [0.1, 0.15) is 39.7 Å². The molecule has 0 spiro atoms. The van der Waals surface area contributed by atoms with Crippen LogP contribution in [0.5, 0.6) is 0 Å². The van der Waals surface area contributed by atoms with Gasteiger partial charge in [-0.1, -0.05) is 17.7 Å². The standard InChI is InChI=1S/C18H20N2O3S/c1-3-23-17(21)15-13-5-4-6-14(13)24-16(15)20-18(22)19-12-9-7-11(2)8-10-12/h7-10H,3-6H2,1-2H3,(H2,19,20,22). The minimum Gasteiger partial charge on any atom is -0.462 e. The van der Waals surface area contributed by atoms with Gasteiger partial charge in [0.1, 0.15) is 5.00 Å². The number of fused-ring (bicyclic) bond motifs is 1. The fraction of sp³-hybridized carbons (Fsp3) is 0.333. The third-order valence-electron chi connectivity index (χ3n) is 3.94. The van der Waals surface area contributed by atoms with Crippen LogP contribution in [0, 0.1) is 6.92 Å². The molecule has 0 aliphatic heterocycles. The summed E-state index contributed by atoms with van der Waals surface area (Å²) in [6.45, 7) is 4.09. The summed E-state index contributed by atoms with van der Waals surface area (Å²) in [5, 5.41) is 6.17. The van der Waals surface area contributed by atoms with Crippen molar-refractivity contribution in [3.05, 3.63) is 45.8 Å². The Morgan fingerprint density at radius 2 is 1.92 bits per heavy atom. The normalized spacial score (nSPS) is 12.6. The van der Waals surface area contributed by atoms with Crippen LogP contribution in [0.4, 0.5) is 15.5 Å². The minimum atomic E-state index is -0.359. The van der Waals surface area contributed by atoms with Crippen molar-refractivity contribution in [3.8, 4) is 0 Å². The number of anilines is 2. The number of hydrogen-bond donors (Lipinski definition) is 2. The van der Waals surface area contributed by atoms with Gasteiger partial charge in [-0.3, -0.25) is 5.32 Å². The third-order valence-corrected chi connectivity index (χ3v) is 5.14. The molecule has 0 radical (unpaired) electrons. The number of aryl methyl sites for hydroxylation is 2. The highest BCUT2D eigenvalue weighted by Crippen LogP contribution is 2.39. The summed E-state index contributed by atoms with van der Waals surface area (Å²) in [4.78, 5) is 25.7. The molecule has 1 aromatic heterocycles. The smallest absolute Gasteiger partial charge is 0.341 e. The van der Waals surface area contributed by atoms with Gasteiger partial charge in [-0.05, 0) is 50.8 Å². The number of urea groups is 1. The number of thiophene rings is 1. The third kappa shape index (κ3) is 3.43. The van der Waals surface area contributed by atoms with Crippen LogP contribution in [0.3, 0.4) is 0 Å². The molecule has 6 heteroatoms. The van der Waals surface area contributed by atoms with E-state index in [1.165, 1.54) is 16.2 Å². The fourth-order valence-electron chi connectivity index (χ4n) is 2.81. The van der Waals surface area contributed by atoms with Gasteiger partial charge in [-0.15, -0.1) is 11.3 Å². The number of ether oxygens (including phenoxy) is 1. The Morgan fingerprint density at radius 3 is 2.62 bits per heavy atom. The SMILES string of the molecule is CCOC(=O)c1c(NC(=O)Nc2ccc(C)cc2)sc2c1CCC2. The topological polar surface area (TPSA) is 67.4 Å². The van der Waals surface area contributed by atoms with Crippen LogP contribution < -0.4 is 10.6 Å². The number of benzene rings is 1. The van der Waals surface area contributed by atoms with Crippen LogP contribution in [-0.2, 0) is 17.6 Å². The minimum absolute atomic E-state index is 0.318. The molecule has 24 heavy (non-hydrogen) atoms. The number of hydrogen-bond acceptors (Lipinski definition) is 4. The van der Waals surface area contributed by atoms with Gasteiger partial charge in [0.25, 0.3) is 0 Å². The van der Waals surface area contributed by atoms with E-state index in [2.05, 4.69) is 10.6 Å². The molecule has 1 heterocycles. The van der Waals surface area contributed by atoms with E-state index in [9.17, 15) is 9.59 Å². The highest BCUT2D eigenvalue weighted by molar-refractivity contribution is 7.17. The zero-order valence-corrected chi connectivity index (χ0v) is 14.6. The van der Waals surface area contributed by atoms with E-state index < -0.39 is 0 Å². The lowest BCUT2D eigenvalue weighted by Gasteiger charge is -2.09. The predicted octanol–water partition coefficient (Wildman–Crippen LogP) is 4.37. The molecule has 3 rings (SSSR count). The molecule has 1 aliphatic carbocycles. The van der Waals surface area contributed by atoms with E-state index in [-0.39, 0.29) is 12.0 Å². The Kier molecular flexibility index (Phi) is 4.85. The highest BCUT2D eigenvalue weighted by Gasteiger charge is 2.28. The number of carbonyl (C=O) groups excluding carboxylic acids is 2. The van der Waals surface area contributed by atoms with Crippen molar-refractivity contribution >= 4 is 34.0 Å². The largest absolute Gasteiger partial charge is 0.462 e. The average molecular weight is 344 g/mol. The lowest BCUT2D eigenvalue weighted by Crippen LogP contribution is -2.20. The van der Waals surface area contributed by atoms with E-state index in [0.29, 0.717) is 22.9 Å². The number of carbonyl (C=O) groups is 2. The van der Waals surface area contributed by atoms with Gasteiger partial charge in [0.15, 0.2) is 0 Å². The molecule has 5 nitrogen and oxygen atoms in total. The second-order valence-corrected chi connectivity index (χ2v) is 6.83. The summed E-state index contributed by atoms with van der Waals surface area (Å²) in [6, 6.07) is 7.19. The summed E-state index contributed by atoms with van der Waals surface area (Å²) in [6.07, 6.45) is 2.86. The Hall–Kier alpha value is -2.34. The maximum Gasteiger partial charge on any atom is 0.341 e. The number of esters is 1. The monoisotopic (exact) mass is 344 g/mol. The molecular weight excluding hydrogens is 324 g/mol. The van der Waals surface area contributed by atoms with Gasteiger partial charge in [0, 0.05) is 10.6 Å². The maximum absolute atomic E-state index is 12.3. The van der Waals surface area contributed by atoms with Gasteiger partial charge in [0.05, 0.1) is 12.2 Å². The van der Waals surface area contributed by atoms with E-state index in [1.807, 2.05) is 31.2 Å². The highest BCUT2D eigenvalue weighted by atomic mass is 32.1. The summed E-state index contributed by atoms with van der Waals surface area (Å²) in [5.41, 5.74) is 3.39. The summed E-state index contributed by atoms with van der Waals surface area (Å²) in [7, 11) is 0. The van der Waals surface area contributed by atoms with E-state index in [1.54, 1.807) is 6.92 Å². The average Bonchev–Trinajstić information content (AvgIpc) is 3.10.